The van der Waals surface area contributed by atoms with E-state index in [1.807, 2.05) is 30.3 Å². The second-order valence-electron chi connectivity index (χ2n) is 6.70. The van der Waals surface area contributed by atoms with Crippen molar-refractivity contribution in [3.63, 3.8) is 0 Å². The average Bonchev–Trinajstić information content (AvgIpc) is 3.39. The highest BCUT2D eigenvalue weighted by Gasteiger charge is 2.32. The van der Waals surface area contributed by atoms with Gasteiger partial charge in [0.25, 0.3) is 0 Å². The lowest BCUT2D eigenvalue weighted by atomic mass is 10.0. The molecule has 0 aliphatic heterocycles. The highest BCUT2D eigenvalue weighted by Crippen LogP contribution is 2.44. The van der Waals surface area contributed by atoms with Crippen molar-refractivity contribution >= 4 is 17.7 Å². The molecule has 0 bridgehead atoms. The first kappa shape index (κ1) is 18.0. The van der Waals surface area contributed by atoms with Crippen molar-refractivity contribution in [2.45, 2.75) is 51.0 Å². The first-order valence-electron chi connectivity index (χ1n) is 8.82. The minimum atomic E-state index is -0.879. The van der Waals surface area contributed by atoms with E-state index in [9.17, 15) is 9.59 Å². The number of carboxylic acids is 1. The quantitative estimate of drug-likeness (QED) is 0.671. The van der Waals surface area contributed by atoms with Crippen molar-refractivity contribution in [2.75, 3.05) is 5.32 Å². The van der Waals surface area contributed by atoms with E-state index in [4.69, 9.17) is 9.63 Å². The Morgan fingerprint density at radius 2 is 2.04 bits per heavy atom. The van der Waals surface area contributed by atoms with Crippen molar-refractivity contribution in [2.24, 2.45) is 0 Å². The summed E-state index contributed by atoms with van der Waals surface area (Å²) in [5.41, 5.74) is 2.32. The lowest BCUT2D eigenvalue weighted by Gasteiger charge is -2.18. The van der Waals surface area contributed by atoms with Gasteiger partial charge in [-0.05, 0) is 38.2 Å². The minimum absolute atomic E-state index is 0.00258. The zero-order chi connectivity index (χ0) is 18.5. The van der Waals surface area contributed by atoms with Gasteiger partial charge in [0.05, 0.1) is 0 Å². The Balaban J connectivity index is 1.64. The molecule has 0 saturated heterocycles. The van der Waals surface area contributed by atoms with Crippen LogP contribution in [-0.2, 0) is 11.2 Å². The number of hydrogen-bond acceptors (Lipinski definition) is 4. The summed E-state index contributed by atoms with van der Waals surface area (Å²) in [6.45, 7) is 1.79. The summed E-state index contributed by atoms with van der Waals surface area (Å²) in [6.07, 6.45) is 3.01. The molecule has 1 aromatic carbocycles. The van der Waals surface area contributed by atoms with E-state index < -0.39 is 5.97 Å². The smallest absolute Gasteiger partial charge is 0.319 e. The fourth-order valence-corrected chi connectivity index (χ4v) is 2.92. The van der Waals surface area contributed by atoms with Gasteiger partial charge in [-0.15, -0.1) is 0 Å². The first-order valence-corrected chi connectivity index (χ1v) is 8.82. The maximum absolute atomic E-state index is 12.5. The van der Waals surface area contributed by atoms with Gasteiger partial charge in [-0.1, -0.05) is 35.5 Å². The molecule has 138 valence electrons. The Labute approximate surface area is 151 Å². The van der Waals surface area contributed by atoms with Crippen LogP contribution in [0.2, 0.25) is 0 Å². The fraction of sp³-hybridized carbons (Fsp3) is 0.421. The molecule has 0 radical (unpaired) electrons. The molecule has 1 atom stereocenters. The van der Waals surface area contributed by atoms with E-state index in [-0.39, 0.29) is 18.5 Å². The molecule has 7 nitrogen and oxygen atoms in total. The number of carbonyl (C=O) groups excluding carboxylic acids is 1. The van der Waals surface area contributed by atoms with E-state index in [2.05, 4.69) is 15.8 Å². The molecule has 2 amide bonds. The molecule has 1 aliphatic rings. The zero-order valence-electron chi connectivity index (χ0n) is 14.7. The topological polar surface area (TPSA) is 104 Å². The van der Waals surface area contributed by atoms with E-state index >= 15 is 0 Å². The van der Waals surface area contributed by atoms with Crippen molar-refractivity contribution in [3.8, 4) is 0 Å². The predicted molar refractivity (Wildman–Crippen MR) is 96.2 cm³/mol. The van der Waals surface area contributed by atoms with Crippen LogP contribution in [0.3, 0.4) is 0 Å². The molecule has 7 heteroatoms. The van der Waals surface area contributed by atoms with Crippen LogP contribution in [0.25, 0.3) is 0 Å². The summed E-state index contributed by atoms with van der Waals surface area (Å²) in [4.78, 5) is 23.4. The molecular formula is C19H23N3O4. The molecule has 1 saturated carbocycles. The van der Waals surface area contributed by atoms with Gasteiger partial charge in [0.15, 0.2) is 5.76 Å². The summed E-state index contributed by atoms with van der Waals surface area (Å²) in [5.74, 6) is 0.178. The molecule has 1 heterocycles. The van der Waals surface area contributed by atoms with Gasteiger partial charge in [-0.3, -0.25) is 4.79 Å². The lowest BCUT2D eigenvalue weighted by molar-refractivity contribution is -0.137. The van der Waals surface area contributed by atoms with Gasteiger partial charge in [0, 0.05) is 18.4 Å². The number of benzene rings is 1. The van der Waals surface area contributed by atoms with E-state index in [1.165, 1.54) is 0 Å². The maximum atomic E-state index is 12.5. The molecule has 3 N–H and O–H groups in total. The molecule has 0 spiro atoms. The lowest BCUT2D eigenvalue weighted by Crippen LogP contribution is -2.39. The molecule has 26 heavy (non-hydrogen) atoms. The number of carboxylic acid groups (broad SMARTS) is 1. The van der Waals surface area contributed by atoms with Gasteiger partial charge in [-0.2, -0.15) is 0 Å². The van der Waals surface area contributed by atoms with Crippen LogP contribution < -0.4 is 10.6 Å². The Hall–Kier alpha value is -2.83. The molecule has 2 aromatic rings. The largest absolute Gasteiger partial charge is 0.481 e. The molecule has 3 rings (SSSR count). The number of aromatic nitrogens is 1. The Morgan fingerprint density at radius 1 is 1.31 bits per heavy atom. The number of nitrogens with one attached hydrogen (secondary N) is 2. The van der Waals surface area contributed by atoms with Crippen molar-refractivity contribution in [1.29, 1.82) is 0 Å². The van der Waals surface area contributed by atoms with Crippen LogP contribution in [-0.4, -0.2) is 28.3 Å². The summed E-state index contributed by atoms with van der Waals surface area (Å²) in [5, 5.41) is 18.6. The zero-order valence-corrected chi connectivity index (χ0v) is 14.7. The highest BCUT2D eigenvalue weighted by molar-refractivity contribution is 5.90. The maximum Gasteiger partial charge on any atom is 0.319 e. The summed E-state index contributed by atoms with van der Waals surface area (Å²) < 4.78 is 5.33. The molecule has 1 unspecified atom stereocenters. The SMILES string of the molecule is Cc1noc(C2CC2)c1NC(=O)NC(CCC(=O)O)Cc1ccccc1. The number of amides is 2. The molecular weight excluding hydrogens is 334 g/mol. The second-order valence-corrected chi connectivity index (χ2v) is 6.70. The van der Waals surface area contributed by atoms with Crippen LogP contribution in [0.5, 0.6) is 0 Å². The highest BCUT2D eigenvalue weighted by atomic mass is 16.5. The predicted octanol–water partition coefficient (Wildman–Crippen LogP) is 3.46. The van der Waals surface area contributed by atoms with Gasteiger partial charge in [-0.25, -0.2) is 4.79 Å². The van der Waals surface area contributed by atoms with Crippen LogP contribution >= 0.6 is 0 Å². The van der Waals surface area contributed by atoms with Crippen molar-refractivity contribution in [3.05, 3.63) is 47.3 Å². The molecule has 1 aliphatic carbocycles. The Kier molecular flexibility index (Phi) is 5.55. The molecule has 1 fully saturated rings. The van der Waals surface area contributed by atoms with Crippen LogP contribution in [0, 0.1) is 6.92 Å². The summed E-state index contributed by atoms with van der Waals surface area (Å²) in [7, 11) is 0. The second kappa shape index (κ2) is 8.03. The number of urea groups is 1. The van der Waals surface area contributed by atoms with Crippen LogP contribution in [0.4, 0.5) is 10.5 Å². The normalized spacial score (nSPS) is 14.7. The monoisotopic (exact) mass is 357 g/mol. The third kappa shape index (κ3) is 4.84. The standard InChI is InChI=1S/C19H23N3O4/c1-12-17(18(26-22-12)14-7-8-14)21-19(25)20-15(9-10-16(23)24)11-13-5-3-2-4-6-13/h2-6,14-15H,7-11H2,1H3,(H,23,24)(H2,20,21,25). The third-order valence-corrected chi connectivity index (χ3v) is 4.44. The van der Waals surface area contributed by atoms with Gasteiger partial charge in [0.2, 0.25) is 0 Å². The number of carbonyl (C=O) groups is 2. The van der Waals surface area contributed by atoms with Gasteiger partial charge in [0.1, 0.15) is 11.4 Å². The number of hydrogen-bond donors (Lipinski definition) is 3. The Morgan fingerprint density at radius 3 is 2.69 bits per heavy atom. The summed E-state index contributed by atoms with van der Waals surface area (Å²) in [6, 6.07) is 9.04. The number of nitrogens with zero attached hydrogens (tertiary/aromatic N) is 1. The van der Waals surface area contributed by atoms with E-state index in [0.29, 0.717) is 30.1 Å². The third-order valence-electron chi connectivity index (χ3n) is 4.44. The minimum Gasteiger partial charge on any atom is -0.481 e. The fourth-order valence-electron chi connectivity index (χ4n) is 2.92. The number of aryl methyl sites for hydroxylation is 1. The van der Waals surface area contributed by atoms with Gasteiger partial charge < -0.3 is 20.3 Å². The van der Waals surface area contributed by atoms with Crippen LogP contribution in [0.1, 0.15) is 48.6 Å². The van der Waals surface area contributed by atoms with Crippen molar-refractivity contribution in [1.82, 2.24) is 10.5 Å². The Bertz CT molecular complexity index is 768. The number of rotatable bonds is 8. The van der Waals surface area contributed by atoms with Gasteiger partial charge >= 0.3 is 12.0 Å². The first-order chi connectivity index (χ1) is 12.5. The summed E-state index contributed by atoms with van der Waals surface area (Å²) >= 11 is 0. The van der Waals surface area contributed by atoms with Crippen LogP contribution in [0.15, 0.2) is 34.9 Å². The number of anilines is 1. The average molecular weight is 357 g/mol. The van der Waals surface area contributed by atoms with E-state index in [0.717, 1.165) is 24.2 Å². The van der Waals surface area contributed by atoms with Crippen molar-refractivity contribution < 1.29 is 19.2 Å². The van der Waals surface area contributed by atoms with E-state index in [1.54, 1.807) is 6.92 Å². The number of aliphatic carboxylic acids is 1. The molecule has 1 aromatic heterocycles.